The van der Waals surface area contributed by atoms with E-state index >= 15 is 0 Å². The summed E-state index contributed by atoms with van der Waals surface area (Å²) in [6.45, 7) is 0.427. The van der Waals surface area contributed by atoms with Gasteiger partial charge in [-0.2, -0.15) is 0 Å². The van der Waals surface area contributed by atoms with E-state index in [-0.39, 0.29) is 30.2 Å². The number of rotatable bonds is 8. The smallest absolute Gasteiger partial charge is 0.270 e. The number of non-ortho nitro benzene ring substituents is 1. The number of nitro benzene ring substituents is 1. The van der Waals surface area contributed by atoms with Crippen LogP contribution in [0.5, 0.6) is 0 Å². The Morgan fingerprint density at radius 1 is 1.00 bits per heavy atom. The fourth-order valence-electron chi connectivity index (χ4n) is 2.83. The van der Waals surface area contributed by atoms with Gasteiger partial charge in [0.1, 0.15) is 5.76 Å². The Balaban J connectivity index is 1.65. The highest BCUT2D eigenvalue weighted by Gasteiger charge is 2.16. The second kappa shape index (κ2) is 9.37. The highest BCUT2D eigenvalue weighted by Crippen LogP contribution is 2.22. The number of nitro groups is 1. The van der Waals surface area contributed by atoms with Gasteiger partial charge in [-0.3, -0.25) is 19.7 Å². The van der Waals surface area contributed by atoms with Crippen LogP contribution in [0.1, 0.15) is 32.0 Å². The fraction of sp³-hybridized carbons (Fsp3) is 0.143. The van der Waals surface area contributed by atoms with Crippen LogP contribution in [0.25, 0.3) is 0 Å². The summed E-state index contributed by atoms with van der Waals surface area (Å²) < 4.78 is 5.18. The molecule has 1 aromatic heterocycles. The Bertz CT molecular complexity index is 1060. The maximum absolute atomic E-state index is 12.6. The molecule has 154 valence electrons. The molecule has 0 aliphatic carbocycles. The first-order valence-corrected chi connectivity index (χ1v) is 9.12. The molecule has 2 aromatic carbocycles. The summed E-state index contributed by atoms with van der Waals surface area (Å²) in [4.78, 5) is 35.3. The number of anilines is 1. The predicted octanol–water partition coefficient (Wildman–Crippen LogP) is 3.09. The van der Waals surface area contributed by atoms with E-state index in [2.05, 4.69) is 16.0 Å². The molecule has 3 N–H and O–H groups in total. The topological polar surface area (TPSA) is 127 Å². The summed E-state index contributed by atoms with van der Waals surface area (Å²) in [5.41, 5.74) is 1.63. The van der Waals surface area contributed by atoms with E-state index in [9.17, 15) is 19.7 Å². The minimum absolute atomic E-state index is 0.157. The lowest BCUT2D eigenvalue weighted by molar-refractivity contribution is -0.384. The molecular weight excluding hydrogens is 388 g/mol. The van der Waals surface area contributed by atoms with Crippen LogP contribution >= 0.6 is 0 Å². The van der Waals surface area contributed by atoms with Crippen LogP contribution < -0.4 is 16.0 Å². The number of hydrogen-bond donors (Lipinski definition) is 3. The molecule has 0 spiro atoms. The Morgan fingerprint density at radius 2 is 1.80 bits per heavy atom. The number of carbonyl (C=O) groups is 2. The average Bonchev–Trinajstić information content (AvgIpc) is 3.29. The van der Waals surface area contributed by atoms with Crippen LogP contribution in [-0.2, 0) is 13.1 Å². The minimum atomic E-state index is -0.555. The van der Waals surface area contributed by atoms with Crippen molar-refractivity contribution in [3.63, 3.8) is 0 Å². The van der Waals surface area contributed by atoms with E-state index in [0.717, 1.165) is 0 Å². The summed E-state index contributed by atoms with van der Waals surface area (Å²) in [6, 6.07) is 14.4. The van der Waals surface area contributed by atoms with Gasteiger partial charge >= 0.3 is 0 Å². The normalized spacial score (nSPS) is 10.3. The molecule has 2 amide bonds. The van der Waals surface area contributed by atoms with Crippen molar-refractivity contribution < 1.29 is 18.9 Å². The zero-order valence-corrected chi connectivity index (χ0v) is 16.2. The fourth-order valence-corrected chi connectivity index (χ4v) is 2.83. The zero-order valence-electron chi connectivity index (χ0n) is 16.2. The number of benzene rings is 2. The van der Waals surface area contributed by atoms with Crippen molar-refractivity contribution >= 4 is 23.2 Å². The number of hydrogen-bond acceptors (Lipinski definition) is 6. The van der Waals surface area contributed by atoms with E-state index < -0.39 is 10.8 Å². The van der Waals surface area contributed by atoms with Gasteiger partial charge in [-0.1, -0.05) is 12.1 Å². The molecule has 0 radical (unpaired) electrons. The number of amides is 2. The quantitative estimate of drug-likeness (QED) is 0.388. The van der Waals surface area contributed by atoms with Gasteiger partial charge < -0.3 is 20.4 Å². The maximum atomic E-state index is 12.6. The van der Waals surface area contributed by atoms with Crippen molar-refractivity contribution in [1.82, 2.24) is 10.6 Å². The first-order valence-electron chi connectivity index (χ1n) is 9.12. The lowest BCUT2D eigenvalue weighted by Crippen LogP contribution is -2.25. The third kappa shape index (κ3) is 5.02. The molecule has 0 unspecified atom stereocenters. The molecule has 9 heteroatoms. The summed E-state index contributed by atoms with van der Waals surface area (Å²) in [7, 11) is 1.63. The molecule has 0 aliphatic rings. The Morgan fingerprint density at radius 3 is 2.50 bits per heavy atom. The van der Waals surface area contributed by atoms with Gasteiger partial charge in [-0.05, 0) is 35.9 Å². The maximum Gasteiger partial charge on any atom is 0.270 e. The molecule has 30 heavy (non-hydrogen) atoms. The highest BCUT2D eigenvalue weighted by molar-refractivity contribution is 6.00. The number of nitrogens with one attached hydrogen (secondary N) is 3. The van der Waals surface area contributed by atoms with E-state index in [4.69, 9.17) is 4.42 Å². The van der Waals surface area contributed by atoms with Crippen molar-refractivity contribution in [3.8, 4) is 0 Å². The predicted molar refractivity (Wildman–Crippen MR) is 110 cm³/mol. The molecule has 9 nitrogen and oxygen atoms in total. The lowest BCUT2D eigenvalue weighted by Gasteiger charge is -2.11. The van der Waals surface area contributed by atoms with Gasteiger partial charge in [-0.25, -0.2) is 0 Å². The molecule has 3 rings (SSSR count). The summed E-state index contributed by atoms with van der Waals surface area (Å²) in [5.74, 6) is -0.0875. The van der Waals surface area contributed by atoms with Crippen molar-refractivity contribution in [2.45, 2.75) is 13.1 Å². The van der Waals surface area contributed by atoms with Gasteiger partial charge in [0, 0.05) is 37.0 Å². The van der Waals surface area contributed by atoms with Crippen molar-refractivity contribution in [2.24, 2.45) is 0 Å². The Labute approximate surface area is 172 Å². The van der Waals surface area contributed by atoms with Gasteiger partial charge in [0.2, 0.25) is 0 Å². The van der Waals surface area contributed by atoms with E-state index in [1.54, 1.807) is 43.4 Å². The second-order valence-electron chi connectivity index (χ2n) is 6.38. The van der Waals surface area contributed by atoms with Gasteiger partial charge in [-0.15, -0.1) is 0 Å². The van der Waals surface area contributed by atoms with Crippen molar-refractivity contribution in [3.05, 3.63) is 93.4 Å². The molecule has 3 aromatic rings. The van der Waals surface area contributed by atoms with E-state index in [1.165, 1.54) is 24.5 Å². The minimum Gasteiger partial charge on any atom is -0.467 e. The monoisotopic (exact) mass is 408 g/mol. The van der Waals surface area contributed by atoms with Gasteiger partial charge in [0.05, 0.1) is 23.3 Å². The highest BCUT2D eigenvalue weighted by atomic mass is 16.6. The third-order valence-corrected chi connectivity index (χ3v) is 4.37. The Kier molecular flexibility index (Phi) is 6.43. The summed E-state index contributed by atoms with van der Waals surface area (Å²) in [5, 5.41) is 19.3. The lowest BCUT2D eigenvalue weighted by atomic mass is 10.1. The average molecular weight is 408 g/mol. The molecule has 1 heterocycles. The molecule has 0 saturated carbocycles. The van der Waals surface area contributed by atoms with Gasteiger partial charge in [0.15, 0.2) is 0 Å². The van der Waals surface area contributed by atoms with E-state index in [0.29, 0.717) is 22.6 Å². The van der Waals surface area contributed by atoms with Gasteiger partial charge in [0.25, 0.3) is 17.5 Å². The van der Waals surface area contributed by atoms with E-state index in [1.807, 2.05) is 0 Å². The third-order valence-electron chi connectivity index (χ3n) is 4.37. The van der Waals surface area contributed by atoms with Crippen LogP contribution in [0.4, 0.5) is 11.4 Å². The SMILES string of the molecule is CNc1ccc([N+](=O)[O-])cc1C(=O)NCc1cccc(C(=O)NCc2ccco2)c1. The van der Waals surface area contributed by atoms with Crippen LogP contribution in [-0.4, -0.2) is 23.8 Å². The molecule has 0 fully saturated rings. The van der Waals surface area contributed by atoms with Crippen LogP contribution in [0.15, 0.2) is 65.3 Å². The Hall–Kier alpha value is -4.14. The number of carbonyl (C=O) groups excluding carboxylic acids is 2. The molecule has 0 atom stereocenters. The molecule has 0 bridgehead atoms. The summed E-state index contributed by atoms with van der Waals surface area (Å²) in [6.07, 6.45) is 1.53. The van der Waals surface area contributed by atoms with Crippen molar-refractivity contribution in [2.75, 3.05) is 12.4 Å². The zero-order chi connectivity index (χ0) is 21.5. The summed E-state index contributed by atoms with van der Waals surface area (Å²) >= 11 is 0. The standard InChI is InChI=1S/C21H20N4O5/c1-22-19-8-7-16(25(28)29)11-18(19)21(27)23-12-14-4-2-5-15(10-14)20(26)24-13-17-6-3-9-30-17/h2-11,22H,12-13H2,1H3,(H,23,27)(H,24,26). The number of furan rings is 1. The first-order chi connectivity index (χ1) is 14.5. The van der Waals surface area contributed by atoms with Crippen LogP contribution in [0.2, 0.25) is 0 Å². The molecule has 0 saturated heterocycles. The second-order valence-corrected chi connectivity index (χ2v) is 6.38. The molecule has 0 aliphatic heterocycles. The number of nitrogens with zero attached hydrogens (tertiary/aromatic N) is 1. The van der Waals surface area contributed by atoms with Crippen LogP contribution in [0, 0.1) is 10.1 Å². The van der Waals surface area contributed by atoms with Crippen LogP contribution in [0.3, 0.4) is 0 Å². The first kappa shape index (κ1) is 20.6. The molecular formula is C21H20N4O5. The largest absolute Gasteiger partial charge is 0.467 e. The van der Waals surface area contributed by atoms with Crippen molar-refractivity contribution in [1.29, 1.82) is 0 Å².